The Hall–Kier alpha value is -4.06. The molecule has 0 fully saturated rings. The van der Waals surface area contributed by atoms with Gasteiger partial charge in [-0.25, -0.2) is 4.39 Å². The van der Waals surface area contributed by atoms with Gasteiger partial charge in [0.05, 0.1) is 17.2 Å². The van der Waals surface area contributed by atoms with Crippen molar-refractivity contribution in [2.24, 2.45) is 0 Å². The molecule has 0 spiro atoms. The van der Waals surface area contributed by atoms with E-state index in [1.54, 1.807) is 23.0 Å². The highest BCUT2D eigenvalue weighted by molar-refractivity contribution is 6.06. The van der Waals surface area contributed by atoms with Crippen molar-refractivity contribution < 1.29 is 19.1 Å². The fourth-order valence-electron chi connectivity index (χ4n) is 2.17. The summed E-state index contributed by atoms with van der Waals surface area (Å²) in [5.41, 5.74) is -0.268. The van der Waals surface area contributed by atoms with Crippen LogP contribution in [0.1, 0.15) is 26.4 Å². The van der Waals surface area contributed by atoms with Gasteiger partial charge in [0.1, 0.15) is 11.9 Å². The Labute approximate surface area is 146 Å². The van der Waals surface area contributed by atoms with E-state index in [4.69, 9.17) is 5.26 Å². The lowest BCUT2D eigenvalue weighted by atomic mass is 10.1. The number of anilines is 1. The number of carboxylic acid groups (broad SMARTS) is 1. The molecule has 1 N–H and O–H groups in total. The standard InChI is InChI=1S/C17H10FN5O3/c18-11-1-2-12(17(25)26)14(7-11)20-16(24)13-3-4-15(22-21-13)23-6-5-10(8-19)9-23/h1-7,9H,(H,20,24)(H,25,26)/p-1. The van der Waals surface area contributed by atoms with Crippen LogP contribution in [-0.2, 0) is 0 Å². The van der Waals surface area contributed by atoms with E-state index in [1.807, 2.05) is 6.07 Å². The van der Waals surface area contributed by atoms with Crippen molar-refractivity contribution in [2.45, 2.75) is 0 Å². The molecular weight excluding hydrogens is 341 g/mol. The highest BCUT2D eigenvalue weighted by Gasteiger charge is 2.13. The van der Waals surface area contributed by atoms with Crippen LogP contribution in [0.5, 0.6) is 0 Å². The lowest BCUT2D eigenvalue weighted by molar-refractivity contribution is -0.254. The number of carbonyl (C=O) groups excluding carboxylic acids is 2. The predicted octanol–water partition coefficient (Wildman–Crippen LogP) is 0.894. The first-order valence-electron chi connectivity index (χ1n) is 7.22. The second-order valence-electron chi connectivity index (χ2n) is 5.13. The number of nitrogens with zero attached hydrogens (tertiary/aromatic N) is 4. The SMILES string of the molecule is N#Cc1ccn(-c2ccc(C(=O)Nc3cc(F)ccc3C(=O)[O-])nn2)c1. The third kappa shape index (κ3) is 3.39. The van der Waals surface area contributed by atoms with E-state index >= 15 is 0 Å². The number of carboxylic acids is 1. The molecule has 26 heavy (non-hydrogen) atoms. The van der Waals surface area contributed by atoms with E-state index in [-0.39, 0.29) is 16.9 Å². The van der Waals surface area contributed by atoms with Crippen LogP contribution in [0.3, 0.4) is 0 Å². The van der Waals surface area contributed by atoms with Gasteiger partial charge in [0, 0.05) is 18.0 Å². The van der Waals surface area contributed by atoms with Gasteiger partial charge in [0.2, 0.25) is 0 Å². The van der Waals surface area contributed by atoms with E-state index < -0.39 is 17.7 Å². The van der Waals surface area contributed by atoms with Crippen molar-refractivity contribution >= 4 is 17.6 Å². The van der Waals surface area contributed by atoms with Crippen LogP contribution in [0.4, 0.5) is 10.1 Å². The molecule has 2 aromatic heterocycles. The first-order valence-corrected chi connectivity index (χ1v) is 7.22. The van der Waals surface area contributed by atoms with Crippen molar-refractivity contribution in [3.05, 3.63) is 71.4 Å². The summed E-state index contributed by atoms with van der Waals surface area (Å²) in [5, 5.41) is 29.8. The van der Waals surface area contributed by atoms with Crippen LogP contribution in [-0.4, -0.2) is 26.6 Å². The van der Waals surface area contributed by atoms with Gasteiger partial charge < -0.3 is 19.8 Å². The van der Waals surface area contributed by atoms with Gasteiger partial charge in [-0.15, -0.1) is 10.2 Å². The van der Waals surface area contributed by atoms with Gasteiger partial charge in [0.25, 0.3) is 5.91 Å². The number of aromatic carboxylic acids is 1. The molecule has 128 valence electrons. The highest BCUT2D eigenvalue weighted by atomic mass is 19.1. The van der Waals surface area contributed by atoms with Crippen molar-refractivity contribution in [3.8, 4) is 11.9 Å². The van der Waals surface area contributed by atoms with Gasteiger partial charge in [-0.3, -0.25) is 4.79 Å². The summed E-state index contributed by atoms with van der Waals surface area (Å²) < 4.78 is 14.9. The Morgan fingerprint density at radius 3 is 2.62 bits per heavy atom. The average Bonchev–Trinajstić information content (AvgIpc) is 3.11. The third-order valence-corrected chi connectivity index (χ3v) is 3.42. The van der Waals surface area contributed by atoms with E-state index in [9.17, 15) is 19.1 Å². The number of aromatic nitrogens is 3. The minimum atomic E-state index is -1.55. The Balaban J connectivity index is 1.82. The number of hydrogen-bond acceptors (Lipinski definition) is 6. The number of hydrogen-bond donors (Lipinski definition) is 1. The summed E-state index contributed by atoms with van der Waals surface area (Å²) in [6.07, 6.45) is 3.16. The highest BCUT2D eigenvalue weighted by Crippen LogP contribution is 2.17. The summed E-state index contributed by atoms with van der Waals surface area (Å²) in [7, 11) is 0. The first kappa shape index (κ1) is 16.8. The third-order valence-electron chi connectivity index (χ3n) is 3.42. The van der Waals surface area contributed by atoms with Crippen molar-refractivity contribution in [1.82, 2.24) is 14.8 Å². The Kier molecular flexibility index (Phi) is 4.40. The van der Waals surface area contributed by atoms with Crippen molar-refractivity contribution in [2.75, 3.05) is 5.32 Å². The molecular formula is C17H9FN5O3-. The summed E-state index contributed by atoms with van der Waals surface area (Å²) >= 11 is 0. The molecule has 0 unspecified atom stereocenters. The fourth-order valence-corrected chi connectivity index (χ4v) is 2.17. The molecule has 9 heteroatoms. The summed E-state index contributed by atoms with van der Waals surface area (Å²) in [5.74, 6) is -2.65. The maximum atomic E-state index is 13.3. The van der Waals surface area contributed by atoms with Gasteiger partial charge in [-0.05, 0) is 36.4 Å². The monoisotopic (exact) mass is 350 g/mol. The topological polar surface area (TPSA) is 124 Å². The number of carbonyl (C=O) groups is 2. The molecule has 1 aromatic carbocycles. The molecule has 2 heterocycles. The number of amides is 1. The normalized spacial score (nSPS) is 10.2. The molecule has 0 radical (unpaired) electrons. The van der Waals surface area contributed by atoms with E-state index in [0.717, 1.165) is 18.2 Å². The zero-order valence-electron chi connectivity index (χ0n) is 13.0. The minimum Gasteiger partial charge on any atom is -0.545 e. The number of halogens is 1. The lowest BCUT2D eigenvalue weighted by Gasteiger charge is -2.11. The number of benzene rings is 1. The molecule has 0 saturated carbocycles. The number of nitriles is 1. The Morgan fingerprint density at radius 1 is 1.19 bits per heavy atom. The molecule has 0 aliphatic carbocycles. The van der Waals surface area contributed by atoms with Gasteiger partial charge >= 0.3 is 0 Å². The Morgan fingerprint density at radius 2 is 2.00 bits per heavy atom. The average molecular weight is 350 g/mol. The molecule has 8 nitrogen and oxygen atoms in total. The molecule has 0 saturated heterocycles. The molecule has 0 aliphatic heterocycles. The maximum absolute atomic E-state index is 13.3. The largest absolute Gasteiger partial charge is 0.545 e. The van der Waals surface area contributed by atoms with E-state index in [2.05, 4.69) is 15.5 Å². The van der Waals surface area contributed by atoms with Crippen LogP contribution < -0.4 is 10.4 Å². The zero-order chi connectivity index (χ0) is 18.7. The lowest BCUT2D eigenvalue weighted by Crippen LogP contribution is -2.25. The van der Waals surface area contributed by atoms with Crippen LogP contribution in [0.15, 0.2) is 48.8 Å². The molecule has 0 aliphatic rings. The molecule has 1 amide bonds. The van der Waals surface area contributed by atoms with Crippen LogP contribution in [0, 0.1) is 17.1 Å². The van der Waals surface area contributed by atoms with Crippen LogP contribution in [0.2, 0.25) is 0 Å². The second kappa shape index (κ2) is 6.82. The second-order valence-corrected chi connectivity index (χ2v) is 5.13. The van der Waals surface area contributed by atoms with Crippen LogP contribution >= 0.6 is 0 Å². The van der Waals surface area contributed by atoms with Gasteiger partial charge in [0.15, 0.2) is 11.5 Å². The van der Waals surface area contributed by atoms with Crippen LogP contribution in [0.25, 0.3) is 5.82 Å². The summed E-state index contributed by atoms with van der Waals surface area (Å²) in [6, 6.07) is 9.23. The zero-order valence-corrected chi connectivity index (χ0v) is 13.0. The van der Waals surface area contributed by atoms with E-state index in [0.29, 0.717) is 11.4 Å². The fraction of sp³-hybridized carbons (Fsp3) is 0. The van der Waals surface area contributed by atoms with Gasteiger partial charge in [-0.1, -0.05) is 0 Å². The smallest absolute Gasteiger partial charge is 0.276 e. The first-order chi connectivity index (χ1) is 12.5. The molecule has 3 rings (SSSR count). The van der Waals surface area contributed by atoms with Crippen molar-refractivity contribution in [1.29, 1.82) is 5.26 Å². The summed E-state index contributed by atoms with van der Waals surface area (Å²) in [4.78, 5) is 23.2. The van der Waals surface area contributed by atoms with Gasteiger partial charge in [-0.2, -0.15) is 5.26 Å². The summed E-state index contributed by atoms with van der Waals surface area (Å²) in [6.45, 7) is 0. The molecule has 0 atom stereocenters. The minimum absolute atomic E-state index is 0.102. The van der Waals surface area contributed by atoms with Crippen molar-refractivity contribution in [3.63, 3.8) is 0 Å². The Bertz CT molecular complexity index is 1040. The predicted molar refractivity (Wildman–Crippen MR) is 84.8 cm³/mol. The maximum Gasteiger partial charge on any atom is 0.276 e. The quantitative estimate of drug-likeness (QED) is 0.745. The number of nitrogens with one attached hydrogen (secondary N) is 1. The molecule has 3 aromatic rings. The van der Waals surface area contributed by atoms with E-state index in [1.165, 1.54) is 12.1 Å². The molecule has 0 bridgehead atoms. The number of rotatable bonds is 4.